The van der Waals surface area contributed by atoms with E-state index in [1.165, 1.54) is 0 Å². The van der Waals surface area contributed by atoms with E-state index < -0.39 is 0 Å². The molecule has 2 aliphatic rings. The van der Waals surface area contributed by atoms with Gasteiger partial charge >= 0.3 is 0 Å². The highest BCUT2D eigenvalue weighted by Crippen LogP contribution is 2.30. The summed E-state index contributed by atoms with van der Waals surface area (Å²) in [6.07, 6.45) is 4.27. The largest absolute Gasteiger partial charge is 0.393 e. The monoisotopic (exact) mass is 299 g/mol. The molecule has 5 heteroatoms. The normalized spacial score (nSPS) is 19.4. The van der Waals surface area contributed by atoms with Gasteiger partial charge < -0.3 is 15.3 Å². The van der Waals surface area contributed by atoms with Crippen LogP contribution in [-0.4, -0.2) is 30.2 Å². The van der Waals surface area contributed by atoms with Crippen LogP contribution in [0.25, 0.3) is 0 Å². The van der Waals surface area contributed by atoms with Crippen LogP contribution in [0.4, 0.5) is 11.4 Å². The number of rotatable bonds is 3. The van der Waals surface area contributed by atoms with Gasteiger partial charge in [-0.05, 0) is 43.9 Å². The highest BCUT2D eigenvalue weighted by molar-refractivity contribution is 5.93. The van der Waals surface area contributed by atoms with Crippen LogP contribution in [-0.2, 0) is 4.79 Å². The first kappa shape index (κ1) is 14.9. The van der Waals surface area contributed by atoms with Gasteiger partial charge in [0.15, 0.2) is 0 Å². The van der Waals surface area contributed by atoms with Gasteiger partial charge in [0, 0.05) is 24.7 Å². The average molecular weight is 299 g/mol. The fourth-order valence-electron chi connectivity index (χ4n) is 3.00. The lowest BCUT2D eigenvalue weighted by atomic mass is 9.85. The van der Waals surface area contributed by atoms with Crippen molar-refractivity contribution in [2.24, 2.45) is 5.92 Å². The van der Waals surface area contributed by atoms with Gasteiger partial charge in [0.2, 0.25) is 5.91 Å². The molecule has 0 unspecified atom stereocenters. The van der Waals surface area contributed by atoms with Crippen LogP contribution in [0.3, 0.4) is 0 Å². The molecule has 2 fully saturated rings. The molecule has 1 amide bonds. The van der Waals surface area contributed by atoms with Crippen molar-refractivity contribution in [3.05, 3.63) is 23.8 Å². The third-order valence-electron chi connectivity index (χ3n) is 4.67. The number of hydrogen-bond acceptors (Lipinski definition) is 4. The first-order chi connectivity index (χ1) is 10.7. The predicted octanol–water partition coefficient (Wildman–Crippen LogP) is 2.26. The number of aliphatic hydroxyl groups is 1. The van der Waals surface area contributed by atoms with Gasteiger partial charge in [-0.2, -0.15) is 5.26 Å². The van der Waals surface area contributed by atoms with E-state index in [2.05, 4.69) is 16.3 Å². The number of nitrogens with zero attached hydrogens (tertiary/aromatic N) is 2. The van der Waals surface area contributed by atoms with E-state index in [9.17, 15) is 15.2 Å². The Bertz CT molecular complexity index is 596. The van der Waals surface area contributed by atoms with E-state index in [4.69, 9.17) is 0 Å². The molecule has 0 spiro atoms. The lowest BCUT2D eigenvalue weighted by molar-refractivity contribution is -0.122. The van der Waals surface area contributed by atoms with Gasteiger partial charge in [-0.15, -0.1) is 0 Å². The molecule has 1 saturated carbocycles. The molecule has 116 valence electrons. The fourth-order valence-corrected chi connectivity index (χ4v) is 3.00. The highest BCUT2D eigenvalue weighted by Gasteiger charge is 2.25. The summed E-state index contributed by atoms with van der Waals surface area (Å²) in [5.41, 5.74) is 2.15. The molecular formula is C17H21N3O2. The van der Waals surface area contributed by atoms with Crippen LogP contribution in [0, 0.1) is 17.2 Å². The minimum Gasteiger partial charge on any atom is -0.393 e. The summed E-state index contributed by atoms with van der Waals surface area (Å²) in [7, 11) is 0. The number of nitrogens with one attached hydrogen (secondary N) is 1. The van der Waals surface area contributed by atoms with Crippen molar-refractivity contribution in [2.45, 2.75) is 38.2 Å². The Labute approximate surface area is 130 Å². The minimum atomic E-state index is -0.233. The maximum absolute atomic E-state index is 12.0. The van der Waals surface area contributed by atoms with E-state index in [1.54, 1.807) is 6.07 Å². The summed E-state index contributed by atoms with van der Waals surface area (Å²) in [5.74, 6) is 0.192. The Hall–Kier alpha value is -2.06. The second kappa shape index (κ2) is 6.37. The van der Waals surface area contributed by atoms with Crippen LogP contribution >= 0.6 is 0 Å². The SMILES string of the molecule is N#Cc1cc(NC(=O)C2CCC2)ccc1N1CCC(O)CC1. The van der Waals surface area contributed by atoms with Crippen LogP contribution in [0.1, 0.15) is 37.7 Å². The molecular weight excluding hydrogens is 278 g/mol. The maximum Gasteiger partial charge on any atom is 0.227 e. The fraction of sp³-hybridized carbons (Fsp3) is 0.529. The molecule has 22 heavy (non-hydrogen) atoms. The van der Waals surface area contributed by atoms with E-state index >= 15 is 0 Å². The van der Waals surface area contributed by atoms with Crippen LogP contribution in [0.5, 0.6) is 0 Å². The highest BCUT2D eigenvalue weighted by atomic mass is 16.3. The lowest BCUT2D eigenvalue weighted by Gasteiger charge is -2.32. The van der Waals surface area contributed by atoms with Crippen molar-refractivity contribution in [1.82, 2.24) is 0 Å². The quantitative estimate of drug-likeness (QED) is 0.897. The smallest absolute Gasteiger partial charge is 0.227 e. The molecule has 1 saturated heterocycles. The molecule has 0 atom stereocenters. The van der Waals surface area contributed by atoms with E-state index in [0.717, 1.165) is 50.9 Å². The summed E-state index contributed by atoms with van der Waals surface area (Å²) < 4.78 is 0. The molecule has 1 aromatic carbocycles. The Morgan fingerprint density at radius 3 is 2.59 bits per heavy atom. The standard InChI is InChI=1S/C17H21N3O2/c18-11-13-10-14(19-17(22)12-2-1-3-12)4-5-16(13)20-8-6-15(21)7-9-20/h4-5,10,12,15,21H,1-3,6-9H2,(H,19,22). The van der Waals surface area contributed by atoms with Gasteiger partial charge in [-0.1, -0.05) is 6.42 Å². The van der Waals surface area contributed by atoms with Gasteiger partial charge in [-0.3, -0.25) is 4.79 Å². The Kier molecular flexibility index (Phi) is 4.30. The summed E-state index contributed by atoms with van der Waals surface area (Å²) >= 11 is 0. The van der Waals surface area contributed by atoms with Crippen molar-refractivity contribution in [3.63, 3.8) is 0 Å². The summed E-state index contributed by atoms with van der Waals surface area (Å²) in [4.78, 5) is 14.1. The molecule has 2 N–H and O–H groups in total. The first-order valence-corrected chi connectivity index (χ1v) is 7.95. The number of piperidine rings is 1. The summed E-state index contributed by atoms with van der Waals surface area (Å²) in [6, 6.07) is 7.72. The molecule has 1 heterocycles. The van der Waals surface area contributed by atoms with Crippen molar-refractivity contribution >= 4 is 17.3 Å². The number of anilines is 2. The molecule has 0 aromatic heterocycles. The van der Waals surface area contributed by atoms with Crippen LogP contribution in [0.2, 0.25) is 0 Å². The Morgan fingerprint density at radius 2 is 2.00 bits per heavy atom. The maximum atomic E-state index is 12.0. The van der Waals surface area contributed by atoms with E-state index in [1.807, 2.05) is 12.1 Å². The number of aliphatic hydroxyl groups excluding tert-OH is 1. The Morgan fingerprint density at radius 1 is 1.27 bits per heavy atom. The topological polar surface area (TPSA) is 76.4 Å². The molecule has 0 radical (unpaired) electrons. The number of carbonyl (C=O) groups excluding carboxylic acids is 1. The molecule has 1 aromatic rings. The van der Waals surface area contributed by atoms with Crippen LogP contribution < -0.4 is 10.2 Å². The van der Waals surface area contributed by atoms with Gasteiger partial charge in [-0.25, -0.2) is 0 Å². The first-order valence-electron chi connectivity index (χ1n) is 7.95. The molecule has 3 rings (SSSR count). The van der Waals surface area contributed by atoms with Crippen molar-refractivity contribution in [3.8, 4) is 6.07 Å². The number of nitriles is 1. The number of benzene rings is 1. The number of hydrogen-bond donors (Lipinski definition) is 2. The third-order valence-corrected chi connectivity index (χ3v) is 4.67. The number of carbonyl (C=O) groups is 1. The zero-order valence-corrected chi connectivity index (χ0v) is 12.6. The number of amides is 1. The molecule has 5 nitrogen and oxygen atoms in total. The van der Waals surface area contributed by atoms with Gasteiger partial charge in [0.25, 0.3) is 0 Å². The van der Waals surface area contributed by atoms with Crippen LogP contribution in [0.15, 0.2) is 18.2 Å². The molecule has 1 aliphatic heterocycles. The second-order valence-corrected chi connectivity index (χ2v) is 6.18. The molecule has 1 aliphatic carbocycles. The third kappa shape index (κ3) is 3.07. The molecule has 0 bridgehead atoms. The lowest BCUT2D eigenvalue weighted by Crippen LogP contribution is -2.36. The van der Waals surface area contributed by atoms with E-state index in [0.29, 0.717) is 11.3 Å². The van der Waals surface area contributed by atoms with Crippen molar-refractivity contribution in [2.75, 3.05) is 23.3 Å². The minimum absolute atomic E-state index is 0.0592. The van der Waals surface area contributed by atoms with Gasteiger partial charge in [0.05, 0.1) is 17.4 Å². The van der Waals surface area contributed by atoms with Crippen molar-refractivity contribution in [1.29, 1.82) is 5.26 Å². The predicted molar refractivity (Wildman–Crippen MR) is 84.6 cm³/mol. The second-order valence-electron chi connectivity index (χ2n) is 6.18. The Balaban J connectivity index is 1.73. The van der Waals surface area contributed by atoms with E-state index in [-0.39, 0.29) is 17.9 Å². The zero-order chi connectivity index (χ0) is 15.5. The van der Waals surface area contributed by atoms with Gasteiger partial charge in [0.1, 0.15) is 6.07 Å². The zero-order valence-electron chi connectivity index (χ0n) is 12.6. The summed E-state index contributed by atoms with van der Waals surface area (Å²) in [6.45, 7) is 1.51. The van der Waals surface area contributed by atoms with Crippen molar-refractivity contribution < 1.29 is 9.90 Å². The average Bonchev–Trinajstić information content (AvgIpc) is 2.46. The summed E-state index contributed by atoms with van der Waals surface area (Å²) in [5, 5.41) is 21.9.